The lowest BCUT2D eigenvalue weighted by molar-refractivity contribution is -0.129. The second-order valence-corrected chi connectivity index (χ2v) is 3.92. The van der Waals surface area contributed by atoms with Gasteiger partial charge < -0.3 is 5.73 Å². The smallest absolute Gasteiger partial charge is 0.262 e. The minimum absolute atomic E-state index is 0.0800. The maximum Gasteiger partial charge on any atom is 0.262 e. The lowest BCUT2D eigenvalue weighted by Crippen LogP contribution is -2.29. The first-order valence-electron chi connectivity index (χ1n) is 4.26. The number of ketones is 2. The molecule has 1 aromatic rings. The average Bonchev–Trinajstić information content (AvgIpc) is 2.77. The SMILES string of the molecule is N#CC1=NC(N)=C(c2cccs2)C(=O)C1=O. The maximum atomic E-state index is 11.7. The van der Waals surface area contributed by atoms with Crippen molar-refractivity contribution in [3.8, 4) is 6.07 Å². The topological polar surface area (TPSA) is 96.3 Å². The van der Waals surface area contributed by atoms with Crippen LogP contribution < -0.4 is 5.73 Å². The number of nitriles is 1. The van der Waals surface area contributed by atoms with Gasteiger partial charge >= 0.3 is 0 Å². The second kappa shape index (κ2) is 3.72. The van der Waals surface area contributed by atoms with Gasteiger partial charge in [0, 0.05) is 4.88 Å². The zero-order valence-corrected chi connectivity index (χ0v) is 8.75. The van der Waals surface area contributed by atoms with Crippen molar-refractivity contribution >= 4 is 34.2 Å². The zero-order chi connectivity index (χ0) is 11.7. The molecule has 5 nitrogen and oxygen atoms in total. The molecule has 0 saturated carbocycles. The number of hydrogen-bond acceptors (Lipinski definition) is 6. The number of carbonyl (C=O) groups is 2. The van der Waals surface area contributed by atoms with Crippen LogP contribution in [0.25, 0.3) is 5.57 Å². The van der Waals surface area contributed by atoms with Crippen molar-refractivity contribution in [1.29, 1.82) is 5.26 Å². The van der Waals surface area contributed by atoms with Gasteiger partial charge in [0.25, 0.3) is 5.78 Å². The molecule has 0 bridgehead atoms. The first-order chi connectivity index (χ1) is 7.65. The van der Waals surface area contributed by atoms with Crippen molar-refractivity contribution in [1.82, 2.24) is 0 Å². The highest BCUT2D eigenvalue weighted by Crippen LogP contribution is 2.26. The van der Waals surface area contributed by atoms with Crippen molar-refractivity contribution in [2.75, 3.05) is 0 Å². The highest BCUT2D eigenvalue weighted by molar-refractivity contribution is 7.12. The van der Waals surface area contributed by atoms with Crippen LogP contribution in [0.3, 0.4) is 0 Å². The van der Waals surface area contributed by atoms with Crippen molar-refractivity contribution < 1.29 is 9.59 Å². The van der Waals surface area contributed by atoms with Crippen LogP contribution >= 0.6 is 11.3 Å². The number of Topliss-reactive ketones (excluding diaryl/α,β-unsaturated/α-hetero) is 2. The van der Waals surface area contributed by atoms with Gasteiger partial charge in [-0.25, -0.2) is 4.99 Å². The lowest BCUT2D eigenvalue weighted by Gasteiger charge is -2.09. The summed E-state index contributed by atoms with van der Waals surface area (Å²) in [5.41, 5.74) is 5.19. The highest BCUT2D eigenvalue weighted by Gasteiger charge is 2.32. The predicted octanol–water partition coefficient (Wildman–Crippen LogP) is 0.492. The van der Waals surface area contributed by atoms with Crippen LogP contribution in [0.4, 0.5) is 0 Å². The Hall–Kier alpha value is -2.26. The summed E-state index contributed by atoms with van der Waals surface area (Å²) < 4.78 is 0. The Morgan fingerprint density at radius 2 is 2.12 bits per heavy atom. The molecule has 0 saturated heterocycles. The Morgan fingerprint density at radius 1 is 1.38 bits per heavy atom. The predicted molar refractivity (Wildman–Crippen MR) is 58.5 cm³/mol. The van der Waals surface area contributed by atoms with Gasteiger partial charge in [0.15, 0.2) is 5.71 Å². The Bertz CT molecular complexity index is 576. The van der Waals surface area contributed by atoms with Crippen LogP contribution in [-0.4, -0.2) is 17.3 Å². The van der Waals surface area contributed by atoms with Crippen LogP contribution in [0.5, 0.6) is 0 Å². The van der Waals surface area contributed by atoms with E-state index >= 15 is 0 Å². The molecule has 0 aliphatic carbocycles. The summed E-state index contributed by atoms with van der Waals surface area (Å²) in [6.07, 6.45) is 0. The summed E-state index contributed by atoms with van der Waals surface area (Å²) in [7, 11) is 0. The van der Waals surface area contributed by atoms with Gasteiger partial charge in [-0.05, 0) is 11.4 Å². The first kappa shape index (κ1) is 10.3. The third-order valence-corrected chi connectivity index (χ3v) is 2.90. The number of rotatable bonds is 1. The molecule has 0 unspecified atom stereocenters. The van der Waals surface area contributed by atoms with E-state index < -0.39 is 17.3 Å². The van der Waals surface area contributed by atoms with Crippen LogP contribution in [0.2, 0.25) is 0 Å². The summed E-state index contributed by atoms with van der Waals surface area (Å²) in [5.74, 6) is -1.75. The van der Waals surface area contributed by atoms with Crippen LogP contribution in [0, 0.1) is 11.3 Å². The van der Waals surface area contributed by atoms with E-state index in [4.69, 9.17) is 11.0 Å². The fourth-order valence-corrected chi connectivity index (χ4v) is 2.08. The Kier molecular flexibility index (Phi) is 2.38. The number of hydrogen-bond donors (Lipinski definition) is 1. The minimum Gasteiger partial charge on any atom is -0.383 e. The van der Waals surface area contributed by atoms with Crippen LogP contribution in [-0.2, 0) is 9.59 Å². The normalized spacial score (nSPS) is 16.1. The fraction of sp³-hybridized carbons (Fsp3) is 0. The third kappa shape index (κ3) is 1.43. The van der Waals surface area contributed by atoms with E-state index in [1.54, 1.807) is 23.6 Å². The second-order valence-electron chi connectivity index (χ2n) is 2.97. The van der Waals surface area contributed by atoms with Crippen LogP contribution in [0.1, 0.15) is 4.88 Å². The molecule has 0 aromatic carbocycles. The van der Waals surface area contributed by atoms with Gasteiger partial charge in [-0.1, -0.05) is 6.07 Å². The number of nitrogens with zero attached hydrogens (tertiary/aromatic N) is 2. The number of nitrogens with two attached hydrogens (primary N) is 1. The molecule has 0 spiro atoms. The fourth-order valence-electron chi connectivity index (χ4n) is 1.30. The summed E-state index contributed by atoms with van der Waals surface area (Å²) in [5, 5.41) is 10.3. The van der Waals surface area contributed by atoms with Gasteiger partial charge in [0.05, 0.1) is 5.57 Å². The Balaban J connectivity index is 2.62. The molecule has 0 radical (unpaired) electrons. The molecule has 2 heterocycles. The molecule has 1 aliphatic rings. The molecular weight excluding hydrogens is 226 g/mol. The summed E-state index contributed by atoms with van der Waals surface area (Å²) in [6, 6.07) is 4.96. The standard InChI is InChI=1S/C10H5N3O2S/c11-4-5-8(14)9(15)7(10(12)13-5)6-2-1-3-16-6/h1-3H,12H2. The molecule has 78 valence electrons. The first-order valence-corrected chi connectivity index (χ1v) is 5.14. The molecular formula is C10H5N3O2S. The van der Waals surface area contributed by atoms with E-state index in [9.17, 15) is 9.59 Å². The number of carbonyl (C=O) groups excluding carboxylic acids is 2. The Labute approximate surface area is 94.5 Å². The van der Waals surface area contributed by atoms with Gasteiger partial charge in [0.2, 0.25) is 5.78 Å². The minimum atomic E-state index is -0.903. The molecule has 2 rings (SSSR count). The molecule has 0 atom stereocenters. The van der Waals surface area contributed by atoms with E-state index in [1.807, 2.05) is 0 Å². The zero-order valence-electron chi connectivity index (χ0n) is 7.93. The molecule has 2 N–H and O–H groups in total. The van der Waals surface area contributed by atoms with E-state index in [0.717, 1.165) is 0 Å². The highest BCUT2D eigenvalue weighted by atomic mass is 32.1. The van der Waals surface area contributed by atoms with Gasteiger partial charge in [-0.15, -0.1) is 11.3 Å². The van der Waals surface area contributed by atoms with Gasteiger partial charge in [0.1, 0.15) is 11.9 Å². The third-order valence-electron chi connectivity index (χ3n) is 2.01. The van der Waals surface area contributed by atoms with Crippen LogP contribution in [0.15, 0.2) is 28.3 Å². The van der Waals surface area contributed by atoms with Crippen molar-refractivity contribution in [3.05, 3.63) is 28.2 Å². The summed E-state index contributed by atoms with van der Waals surface area (Å²) in [6.45, 7) is 0. The van der Waals surface area contributed by atoms with E-state index in [0.29, 0.717) is 4.88 Å². The number of allylic oxidation sites excluding steroid dienone is 1. The molecule has 1 aliphatic heterocycles. The number of thiophene rings is 1. The van der Waals surface area contributed by atoms with Gasteiger partial charge in [-0.3, -0.25) is 9.59 Å². The quantitative estimate of drug-likeness (QED) is 0.711. The van der Waals surface area contributed by atoms with E-state index in [1.165, 1.54) is 11.3 Å². The number of aliphatic imine (C=N–C) groups is 1. The maximum absolute atomic E-state index is 11.7. The Morgan fingerprint density at radius 3 is 2.69 bits per heavy atom. The largest absolute Gasteiger partial charge is 0.383 e. The van der Waals surface area contributed by atoms with E-state index in [-0.39, 0.29) is 11.4 Å². The molecule has 16 heavy (non-hydrogen) atoms. The lowest BCUT2D eigenvalue weighted by atomic mass is 10.0. The molecule has 0 amide bonds. The van der Waals surface area contributed by atoms with Crippen molar-refractivity contribution in [2.24, 2.45) is 10.7 Å². The van der Waals surface area contributed by atoms with Gasteiger partial charge in [-0.2, -0.15) is 5.26 Å². The summed E-state index contributed by atoms with van der Waals surface area (Å²) >= 11 is 1.28. The molecule has 6 heteroatoms. The van der Waals surface area contributed by atoms with Crippen molar-refractivity contribution in [3.63, 3.8) is 0 Å². The molecule has 1 aromatic heterocycles. The summed E-state index contributed by atoms with van der Waals surface area (Å²) in [4.78, 5) is 27.3. The monoisotopic (exact) mass is 231 g/mol. The van der Waals surface area contributed by atoms with Crippen molar-refractivity contribution in [2.45, 2.75) is 0 Å². The van der Waals surface area contributed by atoms with E-state index in [2.05, 4.69) is 4.99 Å². The average molecular weight is 231 g/mol. The molecule has 0 fully saturated rings.